The third-order valence-corrected chi connectivity index (χ3v) is 2.12. The van der Waals surface area contributed by atoms with Crippen LogP contribution < -0.4 is 5.32 Å². The minimum Gasteiger partial charge on any atom is -0.467 e. The molecule has 18 heavy (non-hydrogen) atoms. The minimum absolute atomic E-state index is 0.716. The van der Waals surface area contributed by atoms with Crippen molar-refractivity contribution >= 4 is 19.2 Å². The van der Waals surface area contributed by atoms with Crippen LogP contribution in [0.2, 0.25) is 5.82 Å². The Hall–Kier alpha value is -1.28. The Labute approximate surface area is 107 Å². The summed E-state index contributed by atoms with van der Waals surface area (Å²) in [7, 11) is -0.619. The molecule has 0 heterocycles. The number of ether oxygens (including phenoxy) is 2. The second-order valence-corrected chi connectivity index (χ2v) is 4.92. The zero-order chi connectivity index (χ0) is 14.5. The van der Waals surface area contributed by atoms with Crippen molar-refractivity contribution in [2.24, 2.45) is 0 Å². The van der Waals surface area contributed by atoms with Crippen LogP contribution in [0, 0.1) is 0 Å². The van der Waals surface area contributed by atoms with Crippen molar-refractivity contribution in [3.63, 3.8) is 0 Å². The van der Waals surface area contributed by atoms with Crippen molar-refractivity contribution in [3.05, 3.63) is 0 Å². The largest absolute Gasteiger partial charge is 0.467 e. The van der Waals surface area contributed by atoms with E-state index in [1.54, 1.807) is 20.8 Å². The zero-order valence-corrected chi connectivity index (χ0v) is 11.3. The molecule has 0 saturated heterocycles. The van der Waals surface area contributed by atoms with Gasteiger partial charge in [-0.15, -0.1) is 0 Å². The predicted octanol–water partition coefficient (Wildman–Crippen LogP) is -0.0844. The molecule has 0 rings (SSSR count). The molecule has 2 atom stereocenters. The Balaban J connectivity index is 4.70. The Morgan fingerprint density at radius 2 is 1.78 bits per heavy atom. The quantitative estimate of drug-likeness (QED) is 0.482. The summed E-state index contributed by atoms with van der Waals surface area (Å²) in [6, 6.07) is -1.19. The Kier molecular flexibility index (Phi) is 6.13. The first-order chi connectivity index (χ1) is 8.08. The molecule has 0 radical (unpaired) electrons. The fraction of sp³-hybridized carbons (Fsp3) is 0.800. The van der Waals surface area contributed by atoms with E-state index < -0.39 is 36.6 Å². The van der Waals surface area contributed by atoms with E-state index in [0.717, 1.165) is 7.11 Å². The van der Waals surface area contributed by atoms with Gasteiger partial charge in [0.05, 0.1) is 7.11 Å². The Morgan fingerprint density at radius 3 is 2.11 bits per heavy atom. The van der Waals surface area contributed by atoms with Crippen molar-refractivity contribution in [2.75, 3.05) is 7.11 Å². The fourth-order valence-corrected chi connectivity index (χ4v) is 1.14. The number of alkyl carbamates (subject to hydrolysis) is 1. The molecule has 1 amide bonds. The van der Waals surface area contributed by atoms with Gasteiger partial charge in [-0.25, -0.2) is 9.59 Å². The van der Waals surface area contributed by atoms with Crippen molar-refractivity contribution in [2.45, 2.75) is 45.2 Å². The molecular weight excluding hydrogens is 241 g/mol. The third-order valence-electron chi connectivity index (χ3n) is 2.12. The lowest BCUT2D eigenvalue weighted by atomic mass is 9.70. The van der Waals surface area contributed by atoms with E-state index in [4.69, 9.17) is 14.8 Å². The lowest BCUT2D eigenvalue weighted by molar-refractivity contribution is -0.143. The van der Waals surface area contributed by atoms with Gasteiger partial charge in [0.2, 0.25) is 0 Å². The van der Waals surface area contributed by atoms with E-state index in [2.05, 4.69) is 10.1 Å². The van der Waals surface area contributed by atoms with Gasteiger partial charge in [-0.2, -0.15) is 0 Å². The van der Waals surface area contributed by atoms with E-state index in [-0.39, 0.29) is 0 Å². The minimum atomic E-state index is -1.76. The highest BCUT2D eigenvalue weighted by Gasteiger charge is 2.36. The first-order valence-corrected chi connectivity index (χ1v) is 5.52. The van der Waals surface area contributed by atoms with Crippen LogP contribution in [0.25, 0.3) is 0 Å². The van der Waals surface area contributed by atoms with Gasteiger partial charge in [0.1, 0.15) is 11.6 Å². The van der Waals surface area contributed by atoms with E-state index >= 15 is 0 Å². The number of hydrogen-bond acceptors (Lipinski definition) is 6. The van der Waals surface area contributed by atoms with Crippen LogP contribution >= 0.6 is 0 Å². The molecule has 0 aromatic rings. The highest BCUT2D eigenvalue weighted by atomic mass is 16.6. The summed E-state index contributed by atoms with van der Waals surface area (Å²) in [4.78, 5) is 23.0. The zero-order valence-electron chi connectivity index (χ0n) is 11.3. The van der Waals surface area contributed by atoms with Crippen LogP contribution in [0.3, 0.4) is 0 Å². The van der Waals surface area contributed by atoms with Gasteiger partial charge >= 0.3 is 19.2 Å². The first kappa shape index (κ1) is 16.7. The summed E-state index contributed by atoms with van der Waals surface area (Å²) in [5.41, 5.74) is -0.716. The molecule has 0 aliphatic rings. The molecule has 0 bridgehead atoms. The number of amides is 1. The van der Waals surface area contributed by atoms with Crippen LogP contribution in [-0.2, 0) is 14.3 Å². The monoisotopic (exact) mass is 261 g/mol. The molecule has 0 aromatic heterocycles. The summed E-state index contributed by atoms with van der Waals surface area (Å²) >= 11 is 0. The number of methoxy groups -OCH3 is 1. The molecule has 0 aromatic carbocycles. The maximum Gasteiger partial charge on any atom is 0.457 e. The van der Waals surface area contributed by atoms with Crippen LogP contribution in [0.4, 0.5) is 4.79 Å². The molecule has 0 saturated carbocycles. The van der Waals surface area contributed by atoms with Gasteiger partial charge in [-0.05, 0) is 20.8 Å². The van der Waals surface area contributed by atoms with Crippen molar-refractivity contribution in [1.82, 2.24) is 5.32 Å². The SMILES string of the molecule is COC(=O)C(NC(=O)OC(C)(C)C)C(C)B(O)O. The standard InChI is InChI=1S/C10H20BNO6/c1-6(11(15)16)7(8(13)17-5)12-9(14)18-10(2,3)4/h6-7,15-16H,1-5H3,(H,12,14). The average Bonchev–Trinajstić information content (AvgIpc) is 2.21. The third kappa shape index (κ3) is 5.88. The second-order valence-electron chi connectivity index (χ2n) is 4.92. The topological polar surface area (TPSA) is 105 Å². The van der Waals surface area contributed by atoms with Gasteiger partial charge in [-0.3, -0.25) is 0 Å². The molecule has 3 N–H and O–H groups in total. The number of esters is 1. The summed E-state index contributed by atoms with van der Waals surface area (Å²) in [5, 5.41) is 20.3. The highest BCUT2D eigenvalue weighted by molar-refractivity contribution is 6.44. The molecule has 2 unspecified atom stereocenters. The van der Waals surface area contributed by atoms with Crippen molar-refractivity contribution < 1.29 is 29.1 Å². The maximum absolute atomic E-state index is 11.5. The average molecular weight is 261 g/mol. The van der Waals surface area contributed by atoms with Gasteiger partial charge < -0.3 is 24.8 Å². The summed E-state index contributed by atoms with van der Waals surface area (Å²) in [5.74, 6) is -1.70. The summed E-state index contributed by atoms with van der Waals surface area (Å²) in [6.07, 6.45) is -0.828. The van der Waals surface area contributed by atoms with Crippen LogP contribution in [0.1, 0.15) is 27.7 Å². The van der Waals surface area contributed by atoms with Crippen LogP contribution in [-0.4, -0.2) is 48.0 Å². The normalized spacial score (nSPS) is 14.4. The number of nitrogens with one attached hydrogen (secondary N) is 1. The molecule has 0 spiro atoms. The van der Waals surface area contributed by atoms with E-state index in [1.807, 2.05) is 0 Å². The molecule has 104 valence electrons. The summed E-state index contributed by atoms with van der Waals surface area (Å²) < 4.78 is 9.45. The van der Waals surface area contributed by atoms with Gasteiger partial charge in [0.15, 0.2) is 0 Å². The molecule has 7 nitrogen and oxygen atoms in total. The molecule has 0 aliphatic heterocycles. The molecule has 0 fully saturated rings. The number of hydrogen-bond donors (Lipinski definition) is 3. The van der Waals surface area contributed by atoms with Crippen molar-refractivity contribution in [1.29, 1.82) is 0 Å². The number of rotatable bonds is 4. The maximum atomic E-state index is 11.5. The van der Waals surface area contributed by atoms with E-state index in [1.165, 1.54) is 6.92 Å². The lowest BCUT2D eigenvalue weighted by Gasteiger charge is -2.25. The first-order valence-electron chi connectivity index (χ1n) is 5.52. The van der Waals surface area contributed by atoms with Gasteiger partial charge in [-0.1, -0.05) is 6.92 Å². The second kappa shape index (κ2) is 6.60. The Bertz CT molecular complexity index is 301. The fourth-order valence-electron chi connectivity index (χ4n) is 1.14. The van der Waals surface area contributed by atoms with Crippen LogP contribution in [0.5, 0.6) is 0 Å². The smallest absolute Gasteiger partial charge is 0.457 e. The van der Waals surface area contributed by atoms with E-state index in [9.17, 15) is 9.59 Å². The van der Waals surface area contributed by atoms with Crippen molar-refractivity contribution in [3.8, 4) is 0 Å². The highest BCUT2D eigenvalue weighted by Crippen LogP contribution is 2.14. The Morgan fingerprint density at radius 1 is 1.28 bits per heavy atom. The van der Waals surface area contributed by atoms with Gasteiger partial charge in [0.25, 0.3) is 0 Å². The molecule has 0 aliphatic carbocycles. The number of carbonyl (C=O) groups is 2. The molecule has 8 heteroatoms. The predicted molar refractivity (Wildman–Crippen MR) is 64.8 cm³/mol. The summed E-state index contributed by atoms with van der Waals surface area (Å²) in [6.45, 7) is 6.40. The molecular formula is C10H20BNO6. The number of carbonyl (C=O) groups excluding carboxylic acids is 2. The van der Waals surface area contributed by atoms with Crippen LogP contribution in [0.15, 0.2) is 0 Å². The van der Waals surface area contributed by atoms with E-state index in [0.29, 0.717) is 0 Å². The van der Waals surface area contributed by atoms with Gasteiger partial charge in [0, 0.05) is 5.82 Å². The lowest BCUT2D eigenvalue weighted by Crippen LogP contribution is -2.49.